The minimum Gasteiger partial charge on any atom is -0.503 e. The Hall–Kier alpha value is -1.27. The Labute approximate surface area is 127 Å². The SMILES string of the molecule is CCN(Cc1cc(Br)c(O)c(OC)c1)C(C)CC(=O)O. The average Bonchev–Trinajstić information content (AvgIpc) is 2.38. The molecule has 0 aliphatic carbocycles. The van der Waals surface area contributed by atoms with Crippen LogP contribution in [0.2, 0.25) is 0 Å². The minimum atomic E-state index is -0.805. The molecule has 0 aromatic heterocycles. The summed E-state index contributed by atoms with van der Waals surface area (Å²) in [6.07, 6.45) is 0.101. The molecule has 20 heavy (non-hydrogen) atoms. The highest BCUT2D eigenvalue weighted by molar-refractivity contribution is 9.10. The van der Waals surface area contributed by atoms with Gasteiger partial charge in [0.1, 0.15) is 0 Å². The van der Waals surface area contributed by atoms with Gasteiger partial charge in [0, 0.05) is 12.6 Å². The summed E-state index contributed by atoms with van der Waals surface area (Å²) in [5, 5.41) is 18.6. The van der Waals surface area contributed by atoms with Gasteiger partial charge in [0.15, 0.2) is 11.5 Å². The van der Waals surface area contributed by atoms with Crippen LogP contribution in [-0.2, 0) is 11.3 Å². The molecule has 0 saturated carbocycles. The zero-order valence-corrected chi connectivity index (χ0v) is 13.5. The molecule has 1 aromatic carbocycles. The molecule has 0 amide bonds. The molecule has 0 aliphatic heterocycles. The van der Waals surface area contributed by atoms with Gasteiger partial charge in [0.05, 0.1) is 18.0 Å². The number of phenols is 1. The highest BCUT2D eigenvalue weighted by Gasteiger charge is 2.17. The van der Waals surface area contributed by atoms with Crippen molar-refractivity contribution in [3.63, 3.8) is 0 Å². The van der Waals surface area contributed by atoms with Crippen LogP contribution in [0.25, 0.3) is 0 Å². The van der Waals surface area contributed by atoms with Gasteiger partial charge in [-0.3, -0.25) is 9.69 Å². The van der Waals surface area contributed by atoms with E-state index in [-0.39, 0.29) is 18.2 Å². The Morgan fingerprint density at radius 1 is 1.50 bits per heavy atom. The van der Waals surface area contributed by atoms with Gasteiger partial charge in [-0.25, -0.2) is 0 Å². The number of benzene rings is 1. The molecule has 0 spiro atoms. The lowest BCUT2D eigenvalue weighted by atomic mass is 10.1. The van der Waals surface area contributed by atoms with E-state index < -0.39 is 5.97 Å². The van der Waals surface area contributed by atoms with E-state index in [0.29, 0.717) is 16.8 Å². The first-order valence-electron chi connectivity index (χ1n) is 6.40. The second kappa shape index (κ2) is 7.50. The van der Waals surface area contributed by atoms with Gasteiger partial charge in [-0.2, -0.15) is 0 Å². The fraction of sp³-hybridized carbons (Fsp3) is 0.500. The van der Waals surface area contributed by atoms with Crippen molar-refractivity contribution in [1.82, 2.24) is 4.90 Å². The van der Waals surface area contributed by atoms with E-state index in [2.05, 4.69) is 20.8 Å². The number of halogens is 1. The molecule has 0 radical (unpaired) electrons. The van der Waals surface area contributed by atoms with E-state index in [9.17, 15) is 9.90 Å². The lowest BCUT2D eigenvalue weighted by molar-refractivity contribution is -0.138. The predicted octanol–water partition coefficient (Wildman–Crippen LogP) is 2.85. The summed E-state index contributed by atoms with van der Waals surface area (Å²) in [4.78, 5) is 12.9. The number of rotatable bonds is 7. The summed E-state index contributed by atoms with van der Waals surface area (Å²) in [5.74, 6) is -0.338. The number of ether oxygens (including phenoxy) is 1. The monoisotopic (exact) mass is 345 g/mol. The van der Waals surface area contributed by atoms with Crippen LogP contribution in [0.5, 0.6) is 11.5 Å². The van der Waals surface area contributed by atoms with Crippen molar-refractivity contribution in [2.24, 2.45) is 0 Å². The second-order valence-corrected chi connectivity index (χ2v) is 5.49. The smallest absolute Gasteiger partial charge is 0.304 e. The highest BCUT2D eigenvalue weighted by atomic mass is 79.9. The third kappa shape index (κ3) is 4.38. The number of nitrogens with zero attached hydrogens (tertiary/aromatic N) is 1. The van der Waals surface area contributed by atoms with Crippen molar-refractivity contribution in [3.8, 4) is 11.5 Å². The number of carboxylic acids is 1. The zero-order chi connectivity index (χ0) is 15.3. The number of phenolic OH excluding ortho intramolecular Hbond substituents is 1. The van der Waals surface area contributed by atoms with Crippen molar-refractivity contribution in [1.29, 1.82) is 0 Å². The summed E-state index contributed by atoms with van der Waals surface area (Å²) in [6, 6.07) is 3.51. The molecule has 5 nitrogen and oxygen atoms in total. The predicted molar refractivity (Wildman–Crippen MR) is 80.2 cm³/mol. The molecule has 2 N–H and O–H groups in total. The van der Waals surface area contributed by atoms with Gasteiger partial charge in [0.25, 0.3) is 0 Å². The summed E-state index contributed by atoms with van der Waals surface area (Å²) in [6.45, 7) is 5.23. The largest absolute Gasteiger partial charge is 0.503 e. The molecule has 1 aromatic rings. The summed E-state index contributed by atoms with van der Waals surface area (Å²) < 4.78 is 5.68. The minimum absolute atomic E-state index is 0.0592. The molecule has 1 atom stereocenters. The lowest BCUT2D eigenvalue weighted by Crippen LogP contribution is -2.34. The van der Waals surface area contributed by atoms with Crippen molar-refractivity contribution in [2.45, 2.75) is 32.9 Å². The van der Waals surface area contributed by atoms with E-state index in [1.165, 1.54) is 7.11 Å². The van der Waals surface area contributed by atoms with Crippen molar-refractivity contribution in [3.05, 3.63) is 22.2 Å². The molecular formula is C14H20BrNO4. The first kappa shape index (κ1) is 16.8. The molecule has 0 saturated heterocycles. The maximum Gasteiger partial charge on any atom is 0.304 e. The summed E-state index contributed by atoms with van der Waals surface area (Å²) in [5.41, 5.74) is 0.950. The third-order valence-electron chi connectivity index (χ3n) is 3.19. The normalized spacial score (nSPS) is 12.4. The summed E-state index contributed by atoms with van der Waals surface area (Å²) in [7, 11) is 1.50. The molecule has 0 fully saturated rings. The van der Waals surface area contributed by atoms with Gasteiger partial charge < -0.3 is 14.9 Å². The average molecular weight is 346 g/mol. The second-order valence-electron chi connectivity index (χ2n) is 4.64. The molecule has 1 unspecified atom stereocenters. The maximum atomic E-state index is 10.8. The first-order chi connectivity index (χ1) is 9.38. The van der Waals surface area contributed by atoms with Crippen LogP contribution in [0, 0.1) is 0 Å². The molecular weight excluding hydrogens is 326 g/mol. The van der Waals surface area contributed by atoms with Crippen LogP contribution in [0.3, 0.4) is 0 Å². The van der Waals surface area contributed by atoms with Crippen LogP contribution in [0.1, 0.15) is 25.8 Å². The number of carbonyl (C=O) groups is 1. The molecule has 0 aliphatic rings. The quantitative estimate of drug-likeness (QED) is 0.795. The molecule has 0 bridgehead atoms. The molecule has 112 valence electrons. The number of methoxy groups -OCH3 is 1. The Morgan fingerprint density at radius 3 is 2.65 bits per heavy atom. The zero-order valence-electron chi connectivity index (χ0n) is 11.9. The standard InChI is InChI=1S/C14H20BrNO4/c1-4-16(9(2)5-13(17)18)8-10-6-11(15)14(19)12(7-10)20-3/h6-7,9,19H,4-5,8H2,1-3H3,(H,17,18). The van der Waals surface area contributed by atoms with Crippen LogP contribution in [0.4, 0.5) is 0 Å². The van der Waals surface area contributed by atoms with Crippen molar-refractivity contribution < 1.29 is 19.7 Å². The van der Waals surface area contributed by atoms with Crippen LogP contribution in [0.15, 0.2) is 16.6 Å². The number of hydrogen-bond donors (Lipinski definition) is 2. The van der Waals surface area contributed by atoms with Gasteiger partial charge >= 0.3 is 5.97 Å². The number of aromatic hydroxyl groups is 1. The van der Waals surface area contributed by atoms with Gasteiger partial charge in [0.2, 0.25) is 0 Å². The third-order valence-corrected chi connectivity index (χ3v) is 3.80. The maximum absolute atomic E-state index is 10.8. The molecule has 1 rings (SSSR count). The van der Waals surface area contributed by atoms with Gasteiger partial charge in [-0.05, 0) is 47.1 Å². The first-order valence-corrected chi connectivity index (χ1v) is 7.19. The Balaban J connectivity index is 2.90. The number of aliphatic carboxylic acids is 1. The Bertz CT molecular complexity index is 478. The highest BCUT2D eigenvalue weighted by Crippen LogP contribution is 2.35. The van der Waals surface area contributed by atoms with Crippen LogP contribution < -0.4 is 4.74 Å². The van der Waals surface area contributed by atoms with Crippen LogP contribution >= 0.6 is 15.9 Å². The Morgan fingerprint density at radius 2 is 2.15 bits per heavy atom. The van der Waals surface area contributed by atoms with Crippen molar-refractivity contribution >= 4 is 21.9 Å². The van der Waals surface area contributed by atoms with Gasteiger partial charge in [-0.15, -0.1) is 0 Å². The van der Waals surface area contributed by atoms with Crippen LogP contribution in [-0.4, -0.2) is 40.8 Å². The lowest BCUT2D eigenvalue weighted by Gasteiger charge is -2.27. The number of carboxylic acid groups (broad SMARTS) is 1. The fourth-order valence-electron chi connectivity index (χ4n) is 2.07. The van der Waals surface area contributed by atoms with E-state index in [0.717, 1.165) is 12.1 Å². The fourth-order valence-corrected chi connectivity index (χ4v) is 2.56. The molecule has 6 heteroatoms. The van der Waals surface area contributed by atoms with E-state index in [1.54, 1.807) is 6.07 Å². The summed E-state index contributed by atoms with van der Waals surface area (Å²) >= 11 is 3.28. The topological polar surface area (TPSA) is 70.0 Å². The van der Waals surface area contributed by atoms with E-state index >= 15 is 0 Å². The number of hydrogen-bond acceptors (Lipinski definition) is 4. The van der Waals surface area contributed by atoms with E-state index in [1.807, 2.05) is 19.9 Å². The van der Waals surface area contributed by atoms with Crippen molar-refractivity contribution in [2.75, 3.05) is 13.7 Å². The Kier molecular flexibility index (Phi) is 6.29. The van der Waals surface area contributed by atoms with Gasteiger partial charge in [-0.1, -0.05) is 6.92 Å². The molecule has 0 heterocycles. The van der Waals surface area contributed by atoms with E-state index in [4.69, 9.17) is 9.84 Å².